The van der Waals surface area contributed by atoms with E-state index in [9.17, 15) is 0 Å². The SMILES string of the molecule is CCCCOC[n+]1cccc(Br)c1. The number of aromatic nitrogens is 1. The summed E-state index contributed by atoms with van der Waals surface area (Å²) in [5.41, 5.74) is 0. The van der Waals surface area contributed by atoms with Gasteiger partial charge in [0.05, 0.1) is 11.1 Å². The molecule has 1 aromatic rings. The second-order valence-electron chi connectivity index (χ2n) is 2.93. The Kier molecular flexibility index (Phi) is 5.01. The van der Waals surface area contributed by atoms with E-state index < -0.39 is 0 Å². The number of rotatable bonds is 5. The van der Waals surface area contributed by atoms with Gasteiger partial charge in [0.2, 0.25) is 0 Å². The standard InChI is InChI=1S/C10H15BrNO/c1-2-3-7-13-9-12-6-4-5-10(11)8-12/h4-6,8H,2-3,7,9H2,1H3/q+1. The van der Waals surface area contributed by atoms with Crippen LogP contribution in [0.1, 0.15) is 19.8 Å². The average Bonchev–Trinajstić information content (AvgIpc) is 2.13. The molecule has 0 unspecified atom stereocenters. The van der Waals surface area contributed by atoms with Crippen molar-refractivity contribution in [2.24, 2.45) is 0 Å². The van der Waals surface area contributed by atoms with Crippen LogP contribution in [0.15, 0.2) is 29.0 Å². The van der Waals surface area contributed by atoms with Crippen molar-refractivity contribution in [3.05, 3.63) is 29.0 Å². The molecule has 3 heteroatoms. The van der Waals surface area contributed by atoms with Gasteiger partial charge in [0.15, 0.2) is 12.4 Å². The fraction of sp³-hybridized carbons (Fsp3) is 0.500. The molecule has 0 aliphatic heterocycles. The van der Waals surface area contributed by atoms with Crippen molar-refractivity contribution in [2.45, 2.75) is 26.5 Å². The van der Waals surface area contributed by atoms with E-state index >= 15 is 0 Å². The first-order valence-electron chi connectivity index (χ1n) is 4.55. The highest BCUT2D eigenvalue weighted by atomic mass is 79.9. The number of halogens is 1. The van der Waals surface area contributed by atoms with E-state index in [1.54, 1.807) is 0 Å². The molecule has 13 heavy (non-hydrogen) atoms. The van der Waals surface area contributed by atoms with Crippen molar-refractivity contribution in [1.29, 1.82) is 0 Å². The normalized spacial score (nSPS) is 10.3. The first-order chi connectivity index (χ1) is 6.33. The lowest BCUT2D eigenvalue weighted by Gasteiger charge is -1.98. The van der Waals surface area contributed by atoms with Crippen LogP contribution in [-0.4, -0.2) is 6.61 Å². The second-order valence-corrected chi connectivity index (χ2v) is 3.84. The molecular formula is C10H15BrNO+. The highest BCUT2D eigenvalue weighted by Crippen LogP contribution is 2.03. The molecule has 0 fully saturated rings. The van der Waals surface area contributed by atoms with E-state index in [1.807, 2.05) is 29.1 Å². The van der Waals surface area contributed by atoms with Gasteiger partial charge in [-0.2, -0.15) is 4.57 Å². The van der Waals surface area contributed by atoms with Crippen molar-refractivity contribution in [3.63, 3.8) is 0 Å². The maximum atomic E-state index is 5.46. The van der Waals surface area contributed by atoms with E-state index in [0.717, 1.165) is 17.5 Å². The summed E-state index contributed by atoms with van der Waals surface area (Å²) in [5, 5.41) is 0. The molecule has 0 amide bonds. The van der Waals surface area contributed by atoms with Gasteiger partial charge in [0.1, 0.15) is 0 Å². The lowest BCUT2D eigenvalue weighted by molar-refractivity contribution is -0.733. The molecule has 0 atom stereocenters. The Labute approximate surface area is 87.7 Å². The minimum atomic E-state index is 0.638. The lowest BCUT2D eigenvalue weighted by Crippen LogP contribution is -2.34. The fourth-order valence-electron chi connectivity index (χ4n) is 0.987. The molecule has 0 spiro atoms. The predicted octanol–water partition coefficient (Wildman–Crippen LogP) is 2.51. The van der Waals surface area contributed by atoms with Gasteiger partial charge in [-0.3, -0.25) is 0 Å². The molecule has 0 N–H and O–H groups in total. The molecule has 0 bridgehead atoms. The van der Waals surface area contributed by atoms with Crippen LogP contribution >= 0.6 is 15.9 Å². The quantitative estimate of drug-likeness (QED) is 0.573. The van der Waals surface area contributed by atoms with E-state index in [2.05, 4.69) is 22.9 Å². The Hall–Kier alpha value is -0.410. The third-order valence-electron chi connectivity index (χ3n) is 1.70. The number of hydrogen-bond donors (Lipinski definition) is 0. The minimum absolute atomic E-state index is 0.638. The maximum Gasteiger partial charge on any atom is 0.252 e. The number of nitrogens with zero attached hydrogens (tertiary/aromatic N) is 1. The van der Waals surface area contributed by atoms with Crippen molar-refractivity contribution in [1.82, 2.24) is 0 Å². The Morgan fingerprint density at radius 2 is 2.38 bits per heavy atom. The zero-order chi connectivity index (χ0) is 9.52. The average molecular weight is 245 g/mol. The maximum absolute atomic E-state index is 5.46. The van der Waals surface area contributed by atoms with Crippen molar-refractivity contribution in [3.8, 4) is 0 Å². The molecule has 0 saturated carbocycles. The van der Waals surface area contributed by atoms with Crippen LogP contribution in [0, 0.1) is 0 Å². The van der Waals surface area contributed by atoms with Crippen molar-refractivity contribution < 1.29 is 9.30 Å². The molecule has 0 aliphatic rings. The largest absolute Gasteiger partial charge is 0.323 e. The minimum Gasteiger partial charge on any atom is -0.323 e. The second kappa shape index (κ2) is 6.11. The van der Waals surface area contributed by atoms with Gasteiger partial charge in [0, 0.05) is 6.07 Å². The molecule has 72 valence electrons. The third kappa shape index (κ3) is 4.39. The molecule has 0 saturated heterocycles. The van der Waals surface area contributed by atoms with Crippen LogP contribution in [0.3, 0.4) is 0 Å². The van der Waals surface area contributed by atoms with Crippen LogP contribution in [0.25, 0.3) is 0 Å². The first kappa shape index (κ1) is 10.7. The molecule has 1 aromatic heterocycles. The summed E-state index contributed by atoms with van der Waals surface area (Å²) >= 11 is 3.41. The zero-order valence-corrected chi connectivity index (χ0v) is 9.46. The summed E-state index contributed by atoms with van der Waals surface area (Å²) in [4.78, 5) is 0. The number of ether oxygens (including phenoxy) is 1. The van der Waals surface area contributed by atoms with Crippen molar-refractivity contribution in [2.75, 3.05) is 6.61 Å². The van der Waals surface area contributed by atoms with Gasteiger partial charge in [-0.15, -0.1) is 0 Å². The summed E-state index contributed by atoms with van der Waals surface area (Å²) < 4.78 is 8.55. The van der Waals surface area contributed by atoms with Crippen LogP contribution in [0.4, 0.5) is 0 Å². The molecule has 0 radical (unpaired) electrons. The lowest BCUT2D eigenvalue weighted by atomic mass is 10.4. The first-order valence-corrected chi connectivity index (χ1v) is 5.34. The molecule has 2 nitrogen and oxygen atoms in total. The Bertz CT molecular complexity index is 252. The van der Waals surface area contributed by atoms with E-state index in [1.165, 1.54) is 6.42 Å². The molecule has 0 aromatic carbocycles. The van der Waals surface area contributed by atoms with E-state index in [-0.39, 0.29) is 0 Å². The molecule has 1 rings (SSSR count). The fourth-order valence-corrected chi connectivity index (χ4v) is 1.40. The van der Waals surface area contributed by atoms with Gasteiger partial charge in [-0.1, -0.05) is 13.3 Å². The highest BCUT2D eigenvalue weighted by molar-refractivity contribution is 9.10. The summed E-state index contributed by atoms with van der Waals surface area (Å²) in [6.45, 7) is 3.64. The van der Waals surface area contributed by atoms with Crippen molar-refractivity contribution >= 4 is 15.9 Å². The Morgan fingerprint density at radius 1 is 1.54 bits per heavy atom. The Morgan fingerprint density at radius 3 is 3.08 bits per heavy atom. The van der Waals surface area contributed by atoms with Gasteiger partial charge in [-0.05, 0) is 28.4 Å². The number of pyridine rings is 1. The summed E-state index contributed by atoms with van der Waals surface area (Å²) in [6, 6.07) is 4.00. The molecular weight excluding hydrogens is 230 g/mol. The number of hydrogen-bond acceptors (Lipinski definition) is 1. The number of unbranched alkanes of at least 4 members (excludes halogenated alkanes) is 1. The van der Waals surface area contributed by atoms with Gasteiger partial charge in [0.25, 0.3) is 6.73 Å². The van der Waals surface area contributed by atoms with Gasteiger partial charge in [-0.25, -0.2) is 0 Å². The topological polar surface area (TPSA) is 13.1 Å². The van der Waals surface area contributed by atoms with Crippen LogP contribution < -0.4 is 4.57 Å². The van der Waals surface area contributed by atoms with Gasteiger partial charge < -0.3 is 4.74 Å². The molecule has 1 heterocycles. The molecule has 0 aliphatic carbocycles. The van der Waals surface area contributed by atoms with E-state index in [4.69, 9.17) is 4.74 Å². The summed E-state index contributed by atoms with van der Waals surface area (Å²) in [6.07, 6.45) is 6.32. The van der Waals surface area contributed by atoms with Gasteiger partial charge >= 0.3 is 0 Å². The third-order valence-corrected chi connectivity index (χ3v) is 2.17. The predicted molar refractivity (Wildman–Crippen MR) is 55.2 cm³/mol. The summed E-state index contributed by atoms with van der Waals surface area (Å²) in [5.74, 6) is 0. The van der Waals surface area contributed by atoms with Crippen LogP contribution in [-0.2, 0) is 11.5 Å². The van der Waals surface area contributed by atoms with Crippen LogP contribution in [0.5, 0.6) is 0 Å². The smallest absolute Gasteiger partial charge is 0.252 e. The summed E-state index contributed by atoms with van der Waals surface area (Å²) in [7, 11) is 0. The van der Waals surface area contributed by atoms with E-state index in [0.29, 0.717) is 6.73 Å². The Balaban J connectivity index is 2.28. The monoisotopic (exact) mass is 244 g/mol. The highest BCUT2D eigenvalue weighted by Gasteiger charge is 1.99. The zero-order valence-electron chi connectivity index (χ0n) is 7.87. The van der Waals surface area contributed by atoms with Crippen LogP contribution in [0.2, 0.25) is 0 Å².